The van der Waals surface area contributed by atoms with Crippen molar-refractivity contribution >= 4 is 24.1 Å². The molecule has 0 saturated heterocycles. The lowest BCUT2D eigenvalue weighted by molar-refractivity contribution is -0.138. The van der Waals surface area contributed by atoms with Crippen LogP contribution in [0.1, 0.15) is 37.8 Å². The Morgan fingerprint density at radius 1 is 1.10 bits per heavy atom. The average molecular weight is 419 g/mol. The number of nitriles is 1. The van der Waals surface area contributed by atoms with Gasteiger partial charge in [0.2, 0.25) is 0 Å². The van der Waals surface area contributed by atoms with Crippen molar-refractivity contribution in [3.63, 3.8) is 0 Å². The highest BCUT2D eigenvalue weighted by molar-refractivity contribution is 5.98. The molecule has 0 aliphatic rings. The van der Waals surface area contributed by atoms with Gasteiger partial charge in [-0.15, -0.1) is 0 Å². The quantitative estimate of drug-likeness (QED) is 0.178. The summed E-state index contributed by atoms with van der Waals surface area (Å²) < 4.78 is 15.9. The molecule has 0 unspecified atom stereocenters. The summed E-state index contributed by atoms with van der Waals surface area (Å²) in [6, 6.07) is 15.8. The van der Waals surface area contributed by atoms with Crippen molar-refractivity contribution in [2.75, 3.05) is 13.2 Å². The molecule has 0 fully saturated rings. The Hall–Kier alpha value is -3.85. The number of esters is 2. The maximum absolute atomic E-state index is 12.2. The Morgan fingerprint density at radius 3 is 2.65 bits per heavy atom. The van der Waals surface area contributed by atoms with Gasteiger partial charge in [0.1, 0.15) is 23.1 Å². The average Bonchev–Trinajstić information content (AvgIpc) is 2.77. The second-order valence-corrected chi connectivity index (χ2v) is 6.46. The van der Waals surface area contributed by atoms with Crippen molar-refractivity contribution in [2.45, 2.75) is 26.7 Å². The predicted molar refractivity (Wildman–Crippen MR) is 118 cm³/mol. The molecule has 2 aromatic rings. The number of unbranched alkanes of at least 4 members (excludes halogenated alkanes) is 1. The monoisotopic (exact) mass is 419 g/mol. The molecule has 31 heavy (non-hydrogen) atoms. The summed E-state index contributed by atoms with van der Waals surface area (Å²) in [6.07, 6.45) is 6.34. The van der Waals surface area contributed by atoms with E-state index < -0.39 is 11.9 Å². The Kier molecular flexibility index (Phi) is 9.57. The standard InChI is InChI=1S/C25H25NO5/c1-3-5-15-30-23-12-7-6-10-20(23)13-14-24(27)31-22-11-8-9-19(17-22)16-21(18-26)25(28)29-4-2/h6-14,16-17H,3-5,15H2,1-2H3/b14-13+,21-16+. The summed E-state index contributed by atoms with van der Waals surface area (Å²) in [5, 5.41) is 9.14. The molecule has 0 radical (unpaired) electrons. The first-order chi connectivity index (χ1) is 15.1. The van der Waals surface area contributed by atoms with E-state index >= 15 is 0 Å². The summed E-state index contributed by atoms with van der Waals surface area (Å²) in [4.78, 5) is 24.0. The number of hydrogen-bond donors (Lipinski definition) is 0. The predicted octanol–water partition coefficient (Wildman–Crippen LogP) is 4.95. The molecule has 0 amide bonds. The molecule has 0 aliphatic carbocycles. The molecule has 160 valence electrons. The molecule has 0 spiro atoms. The van der Waals surface area contributed by atoms with Crippen molar-refractivity contribution in [2.24, 2.45) is 0 Å². The molecule has 0 aromatic heterocycles. The van der Waals surface area contributed by atoms with Crippen LogP contribution in [0.3, 0.4) is 0 Å². The molecule has 2 rings (SSSR count). The van der Waals surface area contributed by atoms with Crippen LogP contribution in [0.4, 0.5) is 0 Å². The van der Waals surface area contributed by atoms with E-state index in [1.807, 2.05) is 30.3 Å². The third-order valence-corrected chi connectivity index (χ3v) is 4.08. The molecular formula is C25H25NO5. The fourth-order valence-electron chi connectivity index (χ4n) is 2.56. The Bertz CT molecular complexity index is 1000. The number of hydrogen-bond acceptors (Lipinski definition) is 6. The smallest absolute Gasteiger partial charge is 0.348 e. The zero-order valence-electron chi connectivity index (χ0n) is 17.7. The second kappa shape index (κ2) is 12.7. The van der Waals surface area contributed by atoms with Gasteiger partial charge in [0.25, 0.3) is 0 Å². The normalized spacial score (nSPS) is 11.1. The molecular weight excluding hydrogens is 394 g/mol. The number of para-hydroxylation sites is 1. The van der Waals surface area contributed by atoms with Crippen molar-refractivity contribution in [3.05, 3.63) is 71.3 Å². The highest BCUT2D eigenvalue weighted by Crippen LogP contribution is 2.21. The van der Waals surface area contributed by atoms with Crippen LogP contribution in [0.25, 0.3) is 12.2 Å². The molecule has 0 atom stereocenters. The fraction of sp³-hybridized carbons (Fsp3) is 0.240. The van der Waals surface area contributed by atoms with Crippen LogP contribution in [-0.4, -0.2) is 25.2 Å². The number of benzene rings is 2. The minimum atomic E-state index is -0.699. The third kappa shape index (κ3) is 7.82. The molecule has 0 N–H and O–H groups in total. The van der Waals surface area contributed by atoms with E-state index in [-0.39, 0.29) is 17.9 Å². The van der Waals surface area contributed by atoms with Crippen LogP contribution in [0.2, 0.25) is 0 Å². The molecule has 6 nitrogen and oxygen atoms in total. The first-order valence-corrected chi connectivity index (χ1v) is 10.1. The summed E-state index contributed by atoms with van der Waals surface area (Å²) >= 11 is 0. The Labute approximate surface area is 182 Å². The van der Waals surface area contributed by atoms with E-state index in [2.05, 4.69) is 6.92 Å². The second-order valence-electron chi connectivity index (χ2n) is 6.46. The number of nitrogens with zero attached hydrogens (tertiary/aromatic N) is 1. The first-order valence-electron chi connectivity index (χ1n) is 10.1. The number of rotatable bonds is 10. The summed E-state index contributed by atoms with van der Waals surface area (Å²) in [5.74, 6) is -0.266. The van der Waals surface area contributed by atoms with Crippen LogP contribution in [0, 0.1) is 11.3 Å². The molecule has 0 heterocycles. The van der Waals surface area contributed by atoms with Gasteiger partial charge in [0.05, 0.1) is 13.2 Å². The van der Waals surface area contributed by atoms with Crippen molar-refractivity contribution < 1.29 is 23.8 Å². The first kappa shape index (κ1) is 23.4. The maximum atomic E-state index is 12.2. The van der Waals surface area contributed by atoms with Crippen LogP contribution < -0.4 is 9.47 Å². The molecule has 0 saturated carbocycles. The summed E-state index contributed by atoms with van der Waals surface area (Å²) in [7, 11) is 0. The van der Waals surface area contributed by atoms with Gasteiger partial charge in [0.15, 0.2) is 0 Å². The molecule has 0 bridgehead atoms. The Morgan fingerprint density at radius 2 is 1.90 bits per heavy atom. The summed E-state index contributed by atoms with van der Waals surface area (Å²) in [5.41, 5.74) is 1.18. The van der Waals surface area contributed by atoms with Gasteiger partial charge in [-0.05, 0) is 49.3 Å². The maximum Gasteiger partial charge on any atom is 0.348 e. The highest BCUT2D eigenvalue weighted by Gasteiger charge is 2.10. The van der Waals surface area contributed by atoms with E-state index in [0.29, 0.717) is 17.9 Å². The largest absolute Gasteiger partial charge is 0.493 e. The number of ether oxygens (including phenoxy) is 3. The van der Waals surface area contributed by atoms with Crippen molar-refractivity contribution in [1.29, 1.82) is 5.26 Å². The van der Waals surface area contributed by atoms with Gasteiger partial charge in [-0.2, -0.15) is 5.26 Å². The lowest BCUT2D eigenvalue weighted by Gasteiger charge is -2.08. The van der Waals surface area contributed by atoms with E-state index in [1.165, 1.54) is 12.2 Å². The van der Waals surface area contributed by atoms with E-state index in [9.17, 15) is 9.59 Å². The van der Waals surface area contributed by atoms with Crippen LogP contribution in [-0.2, 0) is 14.3 Å². The topological polar surface area (TPSA) is 85.6 Å². The molecule has 6 heteroatoms. The zero-order chi connectivity index (χ0) is 22.5. The minimum Gasteiger partial charge on any atom is -0.493 e. The number of carbonyl (C=O) groups is 2. The van der Waals surface area contributed by atoms with E-state index in [0.717, 1.165) is 18.4 Å². The molecule has 2 aromatic carbocycles. The van der Waals surface area contributed by atoms with E-state index in [4.69, 9.17) is 19.5 Å². The van der Waals surface area contributed by atoms with Crippen LogP contribution in [0.15, 0.2) is 60.2 Å². The van der Waals surface area contributed by atoms with Gasteiger partial charge in [-0.25, -0.2) is 9.59 Å². The molecule has 0 aliphatic heterocycles. The van der Waals surface area contributed by atoms with Crippen LogP contribution >= 0.6 is 0 Å². The van der Waals surface area contributed by atoms with Gasteiger partial charge >= 0.3 is 11.9 Å². The Balaban J connectivity index is 2.08. The highest BCUT2D eigenvalue weighted by atomic mass is 16.5. The number of carbonyl (C=O) groups excluding carboxylic acids is 2. The third-order valence-electron chi connectivity index (χ3n) is 4.08. The summed E-state index contributed by atoms with van der Waals surface area (Å²) in [6.45, 7) is 4.54. The van der Waals surface area contributed by atoms with Gasteiger partial charge in [-0.1, -0.05) is 43.7 Å². The van der Waals surface area contributed by atoms with Crippen molar-refractivity contribution in [3.8, 4) is 17.6 Å². The minimum absolute atomic E-state index is 0.134. The fourth-order valence-corrected chi connectivity index (χ4v) is 2.56. The zero-order valence-corrected chi connectivity index (χ0v) is 17.7. The van der Waals surface area contributed by atoms with Crippen LogP contribution in [0.5, 0.6) is 11.5 Å². The van der Waals surface area contributed by atoms with Gasteiger partial charge < -0.3 is 14.2 Å². The SMILES string of the molecule is CCCCOc1ccccc1/C=C/C(=O)Oc1cccc(/C=C(\C#N)C(=O)OCC)c1. The lowest BCUT2D eigenvalue weighted by atomic mass is 10.1. The lowest BCUT2D eigenvalue weighted by Crippen LogP contribution is -2.06. The van der Waals surface area contributed by atoms with Gasteiger partial charge in [-0.3, -0.25) is 0 Å². The van der Waals surface area contributed by atoms with E-state index in [1.54, 1.807) is 37.3 Å². The van der Waals surface area contributed by atoms with Crippen molar-refractivity contribution in [1.82, 2.24) is 0 Å². The van der Waals surface area contributed by atoms with Gasteiger partial charge in [0, 0.05) is 11.6 Å².